The van der Waals surface area contributed by atoms with Gasteiger partial charge in [0.15, 0.2) is 5.78 Å². The van der Waals surface area contributed by atoms with Crippen LogP contribution in [0.25, 0.3) is 11.6 Å². The van der Waals surface area contributed by atoms with Crippen molar-refractivity contribution in [3.05, 3.63) is 50.8 Å². The summed E-state index contributed by atoms with van der Waals surface area (Å²) in [6, 6.07) is 5.63. The number of rotatable bonds is 5. The molecule has 0 atom stereocenters. The Morgan fingerprint density at radius 3 is 2.90 bits per heavy atom. The molecule has 0 fully saturated rings. The van der Waals surface area contributed by atoms with Crippen molar-refractivity contribution in [2.24, 2.45) is 0 Å². The maximum absolute atomic E-state index is 12.6. The lowest BCUT2D eigenvalue weighted by molar-refractivity contribution is -0.143. The van der Waals surface area contributed by atoms with Crippen molar-refractivity contribution in [2.75, 3.05) is 11.9 Å². The molecule has 2 heterocycles. The van der Waals surface area contributed by atoms with Crippen molar-refractivity contribution < 1.29 is 19.1 Å². The highest BCUT2D eigenvalue weighted by Crippen LogP contribution is 2.37. The van der Waals surface area contributed by atoms with Gasteiger partial charge in [-0.15, -0.1) is 0 Å². The zero-order chi connectivity index (χ0) is 20.5. The number of aryl methyl sites for hydroxylation is 1. The van der Waals surface area contributed by atoms with E-state index in [1.807, 2.05) is 18.2 Å². The van der Waals surface area contributed by atoms with E-state index in [4.69, 9.17) is 4.74 Å². The van der Waals surface area contributed by atoms with Crippen LogP contribution < -0.4 is 5.32 Å². The number of amides is 1. The summed E-state index contributed by atoms with van der Waals surface area (Å²) in [5, 5.41) is 2.87. The van der Waals surface area contributed by atoms with Crippen molar-refractivity contribution in [2.45, 2.75) is 39.0 Å². The van der Waals surface area contributed by atoms with Crippen LogP contribution in [0.5, 0.6) is 0 Å². The molecule has 2 aliphatic rings. The summed E-state index contributed by atoms with van der Waals surface area (Å²) < 4.78 is 5.92. The average molecular weight is 457 g/mol. The van der Waals surface area contributed by atoms with Gasteiger partial charge in [-0.1, -0.05) is 22.0 Å². The van der Waals surface area contributed by atoms with Gasteiger partial charge in [0.05, 0.1) is 17.9 Å². The van der Waals surface area contributed by atoms with Crippen LogP contribution >= 0.6 is 15.9 Å². The van der Waals surface area contributed by atoms with Crippen molar-refractivity contribution >= 4 is 50.9 Å². The first-order chi connectivity index (χ1) is 14.0. The van der Waals surface area contributed by atoms with Crippen LogP contribution in [0.15, 0.2) is 22.7 Å². The molecule has 1 aliphatic carbocycles. The topological polar surface area (TPSA) is 88.3 Å². The second kappa shape index (κ2) is 7.99. The van der Waals surface area contributed by atoms with E-state index in [0.29, 0.717) is 30.6 Å². The molecule has 0 saturated carbocycles. The van der Waals surface area contributed by atoms with Gasteiger partial charge >= 0.3 is 5.97 Å². The monoisotopic (exact) mass is 456 g/mol. The molecule has 2 N–H and O–H groups in total. The Kier molecular flexibility index (Phi) is 5.41. The summed E-state index contributed by atoms with van der Waals surface area (Å²) in [5.74, 6) is -0.391. The summed E-state index contributed by atoms with van der Waals surface area (Å²) >= 11 is 3.42. The fraction of sp³-hybridized carbons (Fsp3) is 0.318. The molecule has 6 nitrogen and oxygen atoms in total. The molecule has 0 spiro atoms. The fourth-order valence-corrected chi connectivity index (χ4v) is 4.35. The molecule has 1 aromatic carbocycles. The highest BCUT2D eigenvalue weighted by Gasteiger charge is 2.28. The van der Waals surface area contributed by atoms with Gasteiger partial charge in [-0.2, -0.15) is 0 Å². The van der Waals surface area contributed by atoms with E-state index >= 15 is 0 Å². The number of carbonyl (C=O) groups is 3. The number of carbonyl (C=O) groups excluding carboxylic acids is 3. The summed E-state index contributed by atoms with van der Waals surface area (Å²) in [7, 11) is 0. The molecular formula is C22H21BrN2O4. The number of hydrogen-bond donors (Lipinski definition) is 2. The molecule has 0 unspecified atom stereocenters. The number of esters is 1. The predicted molar refractivity (Wildman–Crippen MR) is 114 cm³/mol. The number of aromatic amines is 1. The number of nitrogens with one attached hydrogen (secondary N) is 2. The Morgan fingerprint density at radius 2 is 2.10 bits per heavy atom. The Balaban J connectivity index is 1.76. The predicted octanol–water partition coefficient (Wildman–Crippen LogP) is 4.28. The zero-order valence-electron chi connectivity index (χ0n) is 16.1. The lowest BCUT2D eigenvalue weighted by Crippen LogP contribution is -2.12. The summed E-state index contributed by atoms with van der Waals surface area (Å²) in [6.45, 7) is 2.09. The number of Topliss-reactive ketones (excluding diaryl/α,β-unsaturated/α-hetero) is 1. The molecule has 1 amide bonds. The maximum Gasteiger partial charge on any atom is 0.306 e. The minimum absolute atomic E-state index is 0.0891. The van der Waals surface area contributed by atoms with E-state index in [1.54, 1.807) is 13.0 Å². The zero-order valence-corrected chi connectivity index (χ0v) is 17.6. The van der Waals surface area contributed by atoms with Crippen LogP contribution in [-0.4, -0.2) is 29.3 Å². The second-order valence-electron chi connectivity index (χ2n) is 7.15. The van der Waals surface area contributed by atoms with Crippen LogP contribution in [0.2, 0.25) is 0 Å². The lowest BCUT2D eigenvalue weighted by atomic mass is 9.91. The maximum atomic E-state index is 12.6. The van der Waals surface area contributed by atoms with Gasteiger partial charge in [0.2, 0.25) is 0 Å². The van der Waals surface area contributed by atoms with E-state index in [-0.39, 0.29) is 24.1 Å². The standard InChI is InChI=1S/C22H21BrN2O4/c1-2-29-20(27)9-8-14-18(24-16-4-3-5-19(26)21(14)16)11-15-13-7-6-12(23)10-17(13)25-22(15)28/h6-7,10-11,24H,2-5,8-9H2,1H3,(H,25,28)/b15-11-. The number of ketones is 1. The molecule has 2 aromatic rings. The van der Waals surface area contributed by atoms with E-state index in [2.05, 4.69) is 26.2 Å². The molecule has 0 saturated heterocycles. The van der Waals surface area contributed by atoms with E-state index in [9.17, 15) is 14.4 Å². The molecule has 150 valence electrons. The number of H-pyrrole nitrogens is 1. The Hall–Kier alpha value is -2.67. The lowest BCUT2D eigenvalue weighted by Gasteiger charge is -2.11. The molecular weight excluding hydrogens is 436 g/mol. The minimum atomic E-state index is -0.293. The molecule has 7 heteroatoms. The van der Waals surface area contributed by atoms with Gasteiger partial charge in [-0.25, -0.2) is 0 Å². The summed E-state index contributed by atoms with van der Waals surface area (Å²) in [6.07, 6.45) is 4.47. The van der Waals surface area contributed by atoms with Gasteiger partial charge < -0.3 is 15.0 Å². The first-order valence-corrected chi connectivity index (χ1v) is 10.5. The van der Waals surface area contributed by atoms with Crippen LogP contribution in [0.3, 0.4) is 0 Å². The van der Waals surface area contributed by atoms with Gasteiger partial charge in [-0.3, -0.25) is 14.4 Å². The SMILES string of the molecule is CCOC(=O)CCc1c(/C=C2\C(=O)Nc3cc(Br)ccc32)[nH]c2c1C(=O)CCC2. The molecule has 0 bridgehead atoms. The number of halogens is 1. The van der Waals surface area contributed by atoms with Gasteiger partial charge in [0, 0.05) is 39.8 Å². The van der Waals surface area contributed by atoms with E-state index in [0.717, 1.165) is 45.5 Å². The van der Waals surface area contributed by atoms with Crippen LogP contribution in [0, 0.1) is 0 Å². The minimum Gasteiger partial charge on any atom is -0.466 e. The van der Waals surface area contributed by atoms with Crippen molar-refractivity contribution in [3.8, 4) is 0 Å². The van der Waals surface area contributed by atoms with Crippen LogP contribution in [0.4, 0.5) is 5.69 Å². The first-order valence-electron chi connectivity index (χ1n) is 9.73. The highest BCUT2D eigenvalue weighted by molar-refractivity contribution is 9.10. The van der Waals surface area contributed by atoms with E-state index in [1.165, 1.54) is 0 Å². The number of ether oxygens (including phenoxy) is 1. The smallest absolute Gasteiger partial charge is 0.306 e. The third-order valence-corrected chi connectivity index (χ3v) is 5.75. The normalized spacial score (nSPS) is 16.6. The molecule has 0 radical (unpaired) electrons. The number of fused-ring (bicyclic) bond motifs is 2. The van der Waals surface area contributed by atoms with Gasteiger partial charge in [0.1, 0.15) is 0 Å². The number of aromatic nitrogens is 1. The third-order valence-electron chi connectivity index (χ3n) is 5.26. The third kappa shape index (κ3) is 3.79. The number of anilines is 1. The Morgan fingerprint density at radius 1 is 1.28 bits per heavy atom. The largest absolute Gasteiger partial charge is 0.466 e. The Bertz CT molecular complexity index is 1050. The molecule has 4 rings (SSSR count). The molecule has 1 aliphatic heterocycles. The summed E-state index contributed by atoms with van der Waals surface area (Å²) in [5.41, 5.74) is 5.18. The highest BCUT2D eigenvalue weighted by atomic mass is 79.9. The van der Waals surface area contributed by atoms with Crippen molar-refractivity contribution in [3.63, 3.8) is 0 Å². The van der Waals surface area contributed by atoms with Crippen LogP contribution in [-0.2, 0) is 27.2 Å². The summed E-state index contributed by atoms with van der Waals surface area (Å²) in [4.78, 5) is 40.4. The number of hydrogen-bond acceptors (Lipinski definition) is 4. The quantitative estimate of drug-likeness (QED) is 0.518. The van der Waals surface area contributed by atoms with Crippen molar-refractivity contribution in [1.29, 1.82) is 0 Å². The van der Waals surface area contributed by atoms with Gasteiger partial charge in [-0.05, 0) is 50.0 Å². The number of benzene rings is 1. The Labute approximate surface area is 176 Å². The first kappa shape index (κ1) is 19.6. The molecule has 1 aromatic heterocycles. The van der Waals surface area contributed by atoms with Crippen molar-refractivity contribution in [1.82, 2.24) is 4.98 Å². The van der Waals surface area contributed by atoms with Crippen LogP contribution in [0.1, 0.15) is 59.1 Å². The average Bonchev–Trinajstić information content (AvgIpc) is 3.18. The van der Waals surface area contributed by atoms with Gasteiger partial charge in [0.25, 0.3) is 5.91 Å². The second-order valence-corrected chi connectivity index (χ2v) is 8.07. The van der Waals surface area contributed by atoms with E-state index < -0.39 is 0 Å². The fourth-order valence-electron chi connectivity index (χ4n) is 3.99. The molecule has 29 heavy (non-hydrogen) atoms.